The third-order valence-corrected chi connectivity index (χ3v) is 3.94. The first kappa shape index (κ1) is 15.5. The average molecular weight is 319 g/mol. The SMILES string of the molecule is CC(NC(C)c1cc(F)c(Cl)cc1Cl)C(=O)NC1CC1. The highest BCUT2D eigenvalue weighted by molar-refractivity contribution is 6.35. The Labute approximate surface area is 127 Å². The molecule has 2 atom stereocenters. The normalized spacial score (nSPS) is 17.6. The Hall–Kier alpha value is -0.840. The molecule has 1 fully saturated rings. The molecule has 2 rings (SSSR count). The van der Waals surface area contributed by atoms with Gasteiger partial charge in [0.05, 0.1) is 11.1 Å². The van der Waals surface area contributed by atoms with E-state index in [0.717, 1.165) is 12.8 Å². The quantitative estimate of drug-likeness (QED) is 0.816. The number of amides is 1. The summed E-state index contributed by atoms with van der Waals surface area (Å²) >= 11 is 11.7. The van der Waals surface area contributed by atoms with Gasteiger partial charge in [-0.3, -0.25) is 10.1 Å². The third kappa shape index (κ3) is 3.84. The summed E-state index contributed by atoms with van der Waals surface area (Å²) in [5.41, 5.74) is 0.583. The molecule has 1 aromatic carbocycles. The summed E-state index contributed by atoms with van der Waals surface area (Å²) in [5, 5.41) is 6.40. The van der Waals surface area contributed by atoms with E-state index in [-0.39, 0.29) is 23.0 Å². The van der Waals surface area contributed by atoms with Crippen LogP contribution in [0.15, 0.2) is 12.1 Å². The summed E-state index contributed by atoms with van der Waals surface area (Å²) in [6.45, 7) is 3.60. The number of carbonyl (C=O) groups excluding carboxylic acids is 1. The van der Waals surface area contributed by atoms with Crippen molar-refractivity contribution in [2.45, 2.75) is 44.8 Å². The van der Waals surface area contributed by atoms with Gasteiger partial charge in [0.25, 0.3) is 0 Å². The highest BCUT2D eigenvalue weighted by Gasteiger charge is 2.26. The van der Waals surface area contributed by atoms with Gasteiger partial charge in [-0.1, -0.05) is 23.2 Å². The van der Waals surface area contributed by atoms with Gasteiger partial charge < -0.3 is 5.32 Å². The lowest BCUT2D eigenvalue weighted by Gasteiger charge is -2.21. The van der Waals surface area contributed by atoms with Gasteiger partial charge in [0, 0.05) is 17.1 Å². The van der Waals surface area contributed by atoms with Crippen molar-refractivity contribution >= 4 is 29.1 Å². The van der Waals surface area contributed by atoms with E-state index >= 15 is 0 Å². The minimum Gasteiger partial charge on any atom is -0.352 e. The van der Waals surface area contributed by atoms with Gasteiger partial charge in [0.1, 0.15) is 5.82 Å². The van der Waals surface area contributed by atoms with Crippen LogP contribution < -0.4 is 10.6 Å². The zero-order valence-electron chi connectivity index (χ0n) is 11.3. The summed E-state index contributed by atoms with van der Waals surface area (Å²) in [7, 11) is 0. The van der Waals surface area contributed by atoms with Crippen molar-refractivity contribution < 1.29 is 9.18 Å². The van der Waals surface area contributed by atoms with Gasteiger partial charge in [0.15, 0.2) is 0 Å². The van der Waals surface area contributed by atoms with E-state index < -0.39 is 5.82 Å². The molecule has 0 radical (unpaired) electrons. The minimum absolute atomic E-state index is 0.00882. The summed E-state index contributed by atoms with van der Waals surface area (Å²) < 4.78 is 13.5. The highest BCUT2D eigenvalue weighted by atomic mass is 35.5. The summed E-state index contributed by atoms with van der Waals surface area (Å²) in [5.74, 6) is -0.570. The zero-order valence-corrected chi connectivity index (χ0v) is 12.9. The van der Waals surface area contributed by atoms with Gasteiger partial charge in [-0.25, -0.2) is 4.39 Å². The van der Waals surface area contributed by atoms with Crippen molar-refractivity contribution in [2.75, 3.05) is 0 Å². The Kier molecular flexibility index (Phi) is 4.89. The number of nitrogens with one attached hydrogen (secondary N) is 2. The van der Waals surface area contributed by atoms with E-state index in [0.29, 0.717) is 16.6 Å². The molecule has 0 aromatic heterocycles. The second-order valence-corrected chi connectivity index (χ2v) is 6.00. The van der Waals surface area contributed by atoms with Gasteiger partial charge >= 0.3 is 0 Å². The molecule has 0 heterocycles. The second kappa shape index (κ2) is 6.29. The second-order valence-electron chi connectivity index (χ2n) is 5.18. The van der Waals surface area contributed by atoms with Crippen molar-refractivity contribution in [3.05, 3.63) is 33.6 Å². The van der Waals surface area contributed by atoms with E-state index in [1.54, 1.807) is 6.92 Å². The molecular weight excluding hydrogens is 302 g/mol. The van der Waals surface area contributed by atoms with Crippen molar-refractivity contribution in [1.82, 2.24) is 10.6 Å². The van der Waals surface area contributed by atoms with Crippen molar-refractivity contribution in [3.63, 3.8) is 0 Å². The zero-order chi connectivity index (χ0) is 14.9. The lowest BCUT2D eigenvalue weighted by atomic mass is 10.1. The fourth-order valence-corrected chi connectivity index (χ4v) is 2.51. The minimum atomic E-state index is -0.519. The van der Waals surface area contributed by atoms with Crippen LogP contribution in [0.25, 0.3) is 0 Å². The van der Waals surface area contributed by atoms with Gasteiger partial charge in [-0.15, -0.1) is 0 Å². The molecule has 0 bridgehead atoms. The highest BCUT2D eigenvalue weighted by Crippen LogP contribution is 2.28. The van der Waals surface area contributed by atoms with E-state index in [9.17, 15) is 9.18 Å². The van der Waals surface area contributed by atoms with Crippen LogP contribution in [0.4, 0.5) is 4.39 Å². The van der Waals surface area contributed by atoms with Crippen molar-refractivity contribution in [2.24, 2.45) is 0 Å². The van der Waals surface area contributed by atoms with Gasteiger partial charge in [-0.2, -0.15) is 0 Å². The first-order valence-corrected chi connectivity index (χ1v) is 7.35. The molecule has 1 aliphatic rings. The van der Waals surface area contributed by atoms with Crippen LogP contribution in [-0.4, -0.2) is 18.0 Å². The molecule has 1 saturated carbocycles. The molecule has 0 saturated heterocycles. The fourth-order valence-electron chi connectivity index (χ4n) is 1.96. The van der Waals surface area contributed by atoms with Crippen LogP contribution in [0.5, 0.6) is 0 Å². The van der Waals surface area contributed by atoms with E-state index in [1.165, 1.54) is 12.1 Å². The van der Waals surface area contributed by atoms with Crippen LogP contribution in [0.2, 0.25) is 10.0 Å². The maximum absolute atomic E-state index is 13.5. The van der Waals surface area contributed by atoms with Gasteiger partial charge in [0.2, 0.25) is 5.91 Å². The van der Waals surface area contributed by atoms with E-state index in [1.807, 2.05) is 6.92 Å². The van der Waals surface area contributed by atoms with Crippen LogP contribution in [0, 0.1) is 5.82 Å². The summed E-state index contributed by atoms with van der Waals surface area (Å²) in [6, 6.07) is 2.36. The molecule has 20 heavy (non-hydrogen) atoms. The molecule has 6 heteroatoms. The lowest BCUT2D eigenvalue weighted by Crippen LogP contribution is -2.43. The van der Waals surface area contributed by atoms with Crippen LogP contribution >= 0.6 is 23.2 Å². The monoisotopic (exact) mass is 318 g/mol. The first-order valence-electron chi connectivity index (χ1n) is 6.59. The van der Waals surface area contributed by atoms with Crippen molar-refractivity contribution in [3.8, 4) is 0 Å². The topological polar surface area (TPSA) is 41.1 Å². The number of rotatable bonds is 5. The smallest absolute Gasteiger partial charge is 0.237 e. The number of hydrogen-bond acceptors (Lipinski definition) is 2. The van der Waals surface area contributed by atoms with Gasteiger partial charge in [-0.05, 0) is 44.4 Å². The first-order chi connectivity index (χ1) is 9.38. The predicted octanol–water partition coefficient (Wildman–Crippen LogP) is 3.45. The third-order valence-electron chi connectivity index (χ3n) is 3.32. The Morgan fingerprint density at radius 3 is 2.55 bits per heavy atom. The molecule has 2 unspecified atom stereocenters. The molecule has 0 spiro atoms. The number of carbonyl (C=O) groups is 1. The molecule has 1 amide bonds. The molecular formula is C14H17Cl2FN2O. The number of benzene rings is 1. The van der Waals surface area contributed by atoms with E-state index in [4.69, 9.17) is 23.2 Å². The predicted molar refractivity (Wildman–Crippen MR) is 78.6 cm³/mol. The number of halogens is 3. The number of hydrogen-bond donors (Lipinski definition) is 2. The van der Waals surface area contributed by atoms with Crippen molar-refractivity contribution in [1.29, 1.82) is 0 Å². The molecule has 3 nitrogen and oxygen atoms in total. The van der Waals surface area contributed by atoms with Crippen LogP contribution in [-0.2, 0) is 4.79 Å². The fraction of sp³-hybridized carbons (Fsp3) is 0.500. The van der Waals surface area contributed by atoms with Crippen LogP contribution in [0.1, 0.15) is 38.3 Å². The van der Waals surface area contributed by atoms with E-state index in [2.05, 4.69) is 10.6 Å². The Morgan fingerprint density at radius 1 is 1.30 bits per heavy atom. The van der Waals surface area contributed by atoms with Crippen LogP contribution in [0.3, 0.4) is 0 Å². The Balaban J connectivity index is 2.01. The molecule has 110 valence electrons. The maximum atomic E-state index is 13.5. The Bertz CT molecular complexity index is 520. The maximum Gasteiger partial charge on any atom is 0.237 e. The summed E-state index contributed by atoms with van der Waals surface area (Å²) in [6.07, 6.45) is 2.09. The molecule has 0 aliphatic heterocycles. The largest absolute Gasteiger partial charge is 0.352 e. The molecule has 1 aliphatic carbocycles. The molecule has 1 aromatic rings. The lowest BCUT2D eigenvalue weighted by molar-refractivity contribution is -0.123. The Morgan fingerprint density at radius 2 is 1.95 bits per heavy atom. The molecule has 2 N–H and O–H groups in total. The standard InChI is InChI=1S/C14H17Cl2FN2O/c1-7(10-5-13(17)12(16)6-11(10)15)18-8(2)14(20)19-9-3-4-9/h5-9,18H,3-4H2,1-2H3,(H,19,20). The average Bonchev–Trinajstić information content (AvgIpc) is 3.17. The summed E-state index contributed by atoms with van der Waals surface area (Å²) in [4.78, 5) is 11.9.